The summed E-state index contributed by atoms with van der Waals surface area (Å²) in [6.07, 6.45) is 2.08. The standard InChI is InChI=1S/C16H21N3O2/c1-11(2)18-8-6-12-9-13-5-4-7-19-15(13)14(10-12)21-16(20)17-3/h4-5,7,9-11,18H,6,8H2,1-3H3,(H,17,20). The average Bonchev–Trinajstić information content (AvgIpc) is 2.46. The van der Waals surface area contributed by atoms with E-state index >= 15 is 0 Å². The van der Waals surface area contributed by atoms with Crippen LogP contribution in [0, 0.1) is 0 Å². The zero-order chi connectivity index (χ0) is 15.2. The van der Waals surface area contributed by atoms with E-state index in [1.54, 1.807) is 6.20 Å². The Labute approximate surface area is 124 Å². The second kappa shape index (κ2) is 7.04. The van der Waals surface area contributed by atoms with Gasteiger partial charge in [-0.15, -0.1) is 0 Å². The van der Waals surface area contributed by atoms with Gasteiger partial charge in [0, 0.05) is 24.7 Å². The van der Waals surface area contributed by atoms with Crippen molar-refractivity contribution < 1.29 is 9.53 Å². The highest BCUT2D eigenvalue weighted by Crippen LogP contribution is 2.26. The molecule has 0 saturated heterocycles. The van der Waals surface area contributed by atoms with E-state index in [0.29, 0.717) is 17.3 Å². The van der Waals surface area contributed by atoms with Crippen LogP contribution in [0.5, 0.6) is 5.75 Å². The third-order valence-corrected chi connectivity index (χ3v) is 3.10. The molecule has 112 valence electrons. The number of amides is 1. The van der Waals surface area contributed by atoms with Crippen LogP contribution in [0.25, 0.3) is 10.9 Å². The highest BCUT2D eigenvalue weighted by atomic mass is 16.6. The maximum absolute atomic E-state index is 11.5. The predicted octanol–water partition coefficient (Wildman–Crippen LogP) is 2.49. The van der Waals surface area contributed by atoms with Crippen LogP contribution < -0.4 is 15.4 Å². The first-order valence-electron chi connectivity index (χ1n) is 7.10. The van der Waals surface area contributed by atoms with E-state index in [9.17, 15) is 4.79 Å². The largest absolute Gasteiger partial charge is 0.412 e. The third-order valence-electron chi connectivity index (χ3n) is 3.10. The van der Waals surface area contributed by atoms with Gasteiger partial charge in [-0.1, -0.05) is 19.9 Å². The summed E-state index contributed by atoms with van der Waals surface area (Å²) in [7, 11) is 1.54. The van der Waals surface area contributed by atoms with E-state index in [1.807, 2.05) is 18.2 Å². The molecule has 1 heterocycles. The lowest BCUT2D eigenvalue weighted by Gasteiger charge is -2.11. The molecule has 0 aliphatic rings. The van der Waals surface area contributed by atoms with E-state index in [-0.39, 0.29) is 0 Å². The number of hydrogen-bond acceptors (Lipinski definition) is 4. The lowest BCUT2D eigenvalue weighted by Crippen LogP contribution is -2.25. The van der Waals surface area contributed by atoms with Crippen molar-refractivity contribution in [1.29, 1.82) is 0 Å². The first kappa shape index (κ1) is 15.3. The van der Waals surface area contributed by atoms with Crippen molar-refractivity contribution in [2.75, 3.05) is 13.6 Å². The fourth-order valence-corrected chi connectivity index (χ4v) is 2.10. The number of carbonyl (C=O) groups is 1. The maximum Gasteiger partial charge on any atom is 0.412 e. The molecule has 0 radical (unpaired) electrons. The SMILES string of the molecule is CNC(=O)Oc1cc(CCNC(C)C)cc2cccnc12. The van der Waals surface area contributed by atoms with E-state index < -0.39 is 6.09 Å². The molecule has 0 aliphatic heterocycles. The monoisotopic (exact) mass is 287 g/mol. The molecule has 0 fully saturated rings. The minimum absolute atomic E-state index is 0.453. The highest BCUT2D eigenvalue weighted by molar-refractivity contribution is 5.87. The van der Waals surface area contributed by atoms with Crippen molar-refractivity contribution in [2.45, 2.75) is 26.3 Å². The van der Waals surface area contributed by atoms with Crippen molar-refractivity contribution in [2.24, 2.45) is 0 Å². The van der Waals surface area contributed by atoms with Crippen LogP contribution in [-0.2, 0) is 6.42 Å². The number of fused-ring (bicyclic) bond motifs is 1. The molecular weight excluding hydrogens is 266 g/mol. The number of pyridine rings is 1. The smallest absolute Gasteiger partial charge is 0.408 e. The summed E-state index contributed by atoms with van der Waals surface area (Å²) in [6.45, 7) is 5.11. The summed E-state index contributed by atoms with van der Waals surface area (Å²) in [5.74, 6) is 0.493. The quantitative estimate of drug-likeness (QED) is 0.887. The second-order valence-corrected chi connectivity index (χ2v) is 5.17. The molecule has 2 rings (SSSR count). The van der Waals surface area contributed by atoms with Gasteiger partial charge < -0.3 is 15.4 Å². The molecule has 0 atom stereocenters. The molecule has 0 aliphatic carbocycles. The van der Waals surface area contributed by atoms with E-state index in [2.05, 4.69) is 35.5 Å². The normalized spacial score (nSPS) is 10.9. The topological polar surface area (TPSA) is 63.2 Å². The average molecular weight is 287 g/mol. The van der Waals surface area contributed by atoms with Gasteiger partial charge in [-0.2, -0.15) is 0 Å². The Bertz CT molecular complexity index is 626. The van der Waals surface area contributed by atoms with Gasteiger partial charge in [-0.05, 0) is 36.7 Å². The molecule has 2 N–H and O–H groups in total. The van der Waals surface area contributed by atoms with Gasteiger partial charge in [0.25, 0.3) is 0 Å². The van der Waals surface area contributed by atoms with Gasteiger partial charge in [0.05, 0.1) is 0 Å². The first-order valence-corrected chi connectivity index (χ1v) is 7.10. The van der Waals surface area contributed by atoms with Crippen LogP contribution in [-0.4, -0.2) is 30.7 Å². The molecule has 5 nitrogen and oxygen atoms in total. The second-order valence-electron chi connectivity index (χ2n) is 5.17. The first-order chi connectivity index (χ1) is 10.1. The number of rotatable bonds is 5. The van der Waals surface area contributed by atoms with Crippen molar-refractivity contribution >= 4 is 17.0 Å². The third kappa shape index (κ3) is 4.16. The predicted molar refractivity (Wildman–Crippen MR) is 83.7 cm³/mol. The number of nitrogens with one attached hydrogen (secondary N) is 2. The Balaban J connectivity index is 2.28. The van der Waals surface area contributed by atoms with E-state index in [0.717, 1.165) is 23.9 Å². The minimum atomic E-state index is -0.487. The van der Waals surface area contributed by atoms with Crippen molar-refractivity contribution in [3.8, 4) is 5.75 Å². The van der Waals surface area contributed by atoms with Crippen LogP contribution in [0.3, 0.4) is 0 Å². The van der Waals surface area contributed by atoms with Gasteiger partial charge >= 0.3 is 6.09 Å². The van der Waals surface area contributed by atoms with Crippen LogP contribution in [0.4, 0.5) is 4.79 Å². The number of benzene rings is 1. The molecule has 1 aromatic heterocycles. The number of nitrogens with zero attached hydrogens (tertiary/aromatic N) is 1. The fourth-order valence-electron chi connectivity index (χ4n) is 2.10. The zero-order valence-corrected chi connectivity index (χ0v) is 12.6. The molecule has 0 spiro atoms. The lowest BCUT2D eigenvalue weighted by atomic mass is 10.1. The van der Waals surface area contributed by atoms with Crippen LogP contribution in [0.1, 0.15) is 19.4 Å². The van der Waals surface area contributed by atoms with E-state index in [1.165, 1.54) is 7.05 Å². The number of ether oxygens (including phenoxy) is 1. The molecule has 1 amide bonds. The maximum atomic E-state index is 11.5. The summed E-state index contributed by atoms with van der Waals surface area (Å²) in [4.78, 5) is 15.8. The zero-order valence-electron chi connectivity index (χ0n) is 12.6. The molecule has 0 unspecified atom stereocenters. The van der Waals surface area contributed by atoms with Gasteiger partial charge in [-0.25, -0.2) is 4.79 Å². The van der Waals surface area contributed by atoms with Crippen molar-refractivity contribution in [3.63, 3.8) is 0 Å². The van der Waals surface area contributed by atoms with Crippen molar-refractivity contribution in [1.82, 2.24) is 15.6 Å². The van der Waals surface area contributed by atoms with Crippen LogP contribution >= 0.6 is 0 Å². The fraction of sp³-hybridized carbons (Fsp3) is 0.375. The molecule has 0 saturated carbocycles. The Morgan fingerprint density at radius 3 is 2.90 bits per heavy atom. The summed E-state index contributed by atoms with van der Waals surface area (Å²) in [5.41, 5.74) is 1.81. The summed E-state index contributed by atoms with van der Waals surface area (Å²) in [5, 5.41) is 6.80. The molecule has 21 heavy (non-hydrogen) atoms. The highest BCUT2D eigenvalue weighted by Gasteiger charge is 2.10. The van der Waals surface area contributed by atoms with Crippen molar-refractivity contribution in [3.05, 3.63) is 36.0 Å². The Kier molecular flexibility index (Phi) is 5.11. The minimum Gasteiger partial charge on any atom is -0.408 e. The van der Waals surface area contributed by atoms with Crippen LogP contribution in [0.15, 0.2) is 30.5 Å². The number of hydrogen-bond donors (Lipinski definition) is 2. The summed E-state index contributed by atoms with van der Waals surface area (Å²) >= 11 is 0. The Morgan fingerprint density at radius 1 is 1.38 bits per heavy atom. The van der Waals surface area contributed by atoms with Gasteiger partial charge in [-0.3, -0.25) is 4.98 Å². The van der Waals surface area contributed by atoms with E-state index in [4.69, 9.17) is 4.74 Å². The molecule has 1 aromatic carbocycles. The van der Waals surface area contributed by atoms with Gasteiger partial charge in [0.2, 0.25) is 0 Å². The summed E-state index contributed by atoms with van der Waals surface area (Å²) in [6, 6.07) is 8.27. The summed E-state index contributed by atoms with van der Waals surface area (Å²) < 4.78 is 5.31. The lowest BCUT2D eigenvalue weighted by molar-refractivity contribution is 0.203. The molecular formula is C16H21N3O2. The van der Waals surface area contributed by atoms with Gasteiger partial charge in [0.1, 0.15) is 5.52 Å². The van der Waals surface area contributed by atoms with Crippen LogP contribution in [0.2, 0.25) is 0 Å². The Morgan fingerprint density at radius 2 is 2.19 bits per heavy atom. The molecule has 2 aromatic rings. The number of aromatic nitrogens is 1. The number of carbonyl (C=O) groups excluding carboxylic acids is 1. The molecule has 0 bridgehead atoms. The molecule has 5 heteroatoms. The Hall–Kier alpha value is -2.14. The van der Waals surface area contributed by atoms with Gasteiger partial charge in [0.15, 0.2) is 5.75 Å².